The van der Waals surface area contributed by atoms with Crippen molar-refractivity contribution >= 4 is 21.9 Å². The van der Waals surface area contributed by atoms with Crippen LogP contribution in [0.4, 0.5) is 0 Å². The second kappa shape index (κ2) is 5.86. The first kappa shape index (κ1) is 15.8. The van der Waals surface area contributed by atoms with Crippen LogP contribution >= 0.6 is 0 Å². The van der Waals surface area contributed by atoms with E-state index in [1.54, 1.807) is 18.7 Å². The van der Waals surface area contributed by atoms with Crippen molar-refractivity contribution in [2.45, 2.75) is 6.92 Å². The zero-order valence-electron chi connectivity index (χ0n) is 15.4. The monoisotopic (exact) mass is 381 g/mol. The molecule has 0 atom stereocenters. The fourth-order valence-corrected chi connectivity index (χ4v) is 3.54. The number of fused-ring (bicyclic) bond motifs is 2. The molecule has 140 valence electrons. The van der Waals surface area contributed by atoms with Crippen molar-refractivity contribution in [3.8, 4) is 28.5 Å². The summed E-state index contributed by atoms with van der Waals surface area (Å²) in [5, 5.41) is 15.5. The van der Waals surface area contributed by atoms with Crippen molar-refractivity contribution in [1.82, 2.24) is 44.9 Å². The predicted octanol–water partition coefficient (Wildman–Crippen LogP) is 3.39. The number of aromatic nitrogens is 9. The van der Waals surface area contributed by atoms with Crippen LogP contribution in [0, 0.1) is 6.92 Å². The highest BCUT2D eigenvalue weighted by molar-refractivity contribution is 5.96. The first-order valence-electron chi connectivity index (χ1n) is 9.09. The van der Waals surface area contributed by atoms with Crippen LogP contribution < -0.4 is 0 Å². The number of rotatable bonds is 3. The number of hydrogen-bond donors (Lipinski definition) is 3. The lowest BCUT2D eigenvalue weighted by molar-refractivity contribution is 1.00. The van der Waals surface area contributed by atoms with Gasteiger partial charge in [-0.05, 0) is 30.7 Å². The highest BCUT2D eigenvalue weighted by atomic mass is 15.2. The molecule has 5 heterocycles. The van der Waals surface area contributed by atoms with Gasteiger partial charge >= 0.3 is 0 Å². The lowest BCUT2D eigenvalue weighted by Gasteiger charge is -2.00. The molecule has 5 aromatic heterocycles. The molecule has 9 nitrogen and oxygen atoms in total. The third-order valence-electron chi connectivity index (χ3n) is 4.96. The minimum atomic E-state index is 0.682. The number of benzene rings is 1. The topological polar surface area (TPSA) is 117 Å². The molecule has 0 bridgehead atoms. The van der Waals surface area contributed by atoms with Crippen molar-refractivity contribution < 1.29 is 0 Å². The van der Waals surface area contributed by atoms with E-state index in [9.17, 15) is 0 Å². The molecule has 0 amide bonds. The van der Waals surface area contributed by atoms with E-state index in [0.29, 0.717) is 5.82 Å². The summed E-state index contributed by atoms with van der Waals surface area (Å²) in [6, 6.07) is 8.05. The van der Waals surface area contributed by atoms with Gasteiger partial charge in [0.2, 0.25) is 0 Å². The molecule has 0 aliphatic rings. The Hall–Kier alpha value is -4.27. The van der Waals surface area contributed by atoms with Crippen molar-refractivity contribution in [2.75, 3.05) is 0 Å². The van der Waals surface area contributed by atoms with Gasteiger partial charge in [-0.3, -0.25) is 14.8 Å². The molecule has 3 N–H and O–H groups in total. The normalized spacial score (nSPS) is 11.6. The van der Waals surface area contributed by atoms with Crippen LogP contribution in [-0.2, 0) is 0 Å². The van der Waals surface area contributed by atoms with Gasteiger partial charge < -0.3 is 4.98 Å². The van der Waals surface area contributed by atoms with Crippen LogP contribution in [0.25, 0.3) is 50.4 Å². The zero-order valence-corrected chi connectivity index (χ0v) is 15.4. The predicted molar refractivity (Wildman–Crippen MR) is 108 cm³/mol. The Morgan fingerprint density at radius 2 is 2.00 bits per heavy atom. The number of H-pyrrole nitrogens is 3. The molecule has 29 heavy (non-hydrogen) atoms. The average molecular weight is 381 g/mol. The number of aromatic amines is 3. The summed E-state index contributed by atoms with van der Waals surface area (Å²) < 4.78 is 1.88. The molecule has 6 rings (SSSR count). The third kappa shape index (κ3) is 2.44. The quantitative estimate of drug-likeness (QED) is 0.434. The molecule has 0 aliphatic heterocycles. The molecule has 0 unspecified atom stereocenters. The van der Waals surface area contributed by atoms with E-state index >= 15 is 0 Å². The Morgan fingerprint density at radius 3 is 2.83 bits per heavy atom. The number of imidazole rings is 2. The lowest BCUT2D eigenvalue weighted by Crippen LogP contribution is -1.95. The maximum absolute atomic E-state index is 4.82. The van der Waals surface area contributed by atoms with Gasteiger partial charge in [0, 0.05) is 29.5 Å². The highest BCUT2D eigenvalue weighted by Gasteiger charge is 2.16. The first-order valence-corrected chi connectivity index (χ1v) is 9.09. The Bertz CT molecular complexity index is 1470. The molecule has 1 aromatic carbocycles. The van der Waals surface area contributed by atoms with Crippen molar-refractivity contribution in [3.05, 3.63) is 61.1 Å². The van der Waals surface area contributed by atoms with Gasteiger partial charge in [0.25, 0.3) is 0 Å². The number of aryl methyl sites for hydroxylation is 1. The van der Waals surface area contributed by atoms with E-state index in [2.05, 4.69) is 41.4 Å². The van der Waals surface area contributed by atoms with Crippen LogP contribution in [0.15, 0.2) is 55.4 Å². The van der Waals surface area contributed by atoms with Crippen LogP contribution in [-0.4, -0.2) is 44.9 Å². The fourth-order valence-electron chi connectivity index (χ4n) is 3.54. The molecule has 0 saturated carbocycles. The minimum absolute atomic E-state index is 0.682. The van der Waals surface area contributed by atoms with Gasteiger partial charge in [-0.1, -0.05) is 6.07 Å². The number of pyridine rings is 1. The first-order chi connectivity index (χ1) is 14.3. The summed E-state index contributed by atoms with van der Waals surface area (Å²) in [5.41, 5.74) is 6.35. The summed E-state index contributed by atoms with van der Waals surface area (Å²) >= 11 is 0. The summed E-state index contributed by atoms with van der Waals surface area (Å²) in [4.78, 5) is 17.0. The van der Waals surface area contributed by atoms with Crippen LogP contribution in [0.3, 0.4) is 0 Å². The van der Waals surface area contributed by atoms with Gasteiger partial charge in [0.1, 0.15) is 17.5 Å². The maximum Gasteiger partial charge on any atom is 0.166 e. The fraction of sp³-hybridized carbons (Fsp3) is 0.0500. The number of nitrogens with zero attached hydrogens (tertiary/aromatic N) is 6. The molecule has 0 spiro atoms. The maximum atomic E-state index is 4.82. The molecular formula is C20H15N9. The Morgan fingerprint density at radius 1 is 1.03 bits per heavy atom. The van der Waals surface area contributed by atoms with Crippen LogP contribution in [0.5, 0.6) is 0 Å². The van der Waals surface area contributed by atoms with E-state index in [1.807, 2.05) is 42.1 Å². The summed E-state index contributed by atoms with van der Waals surface area (Å²) in [7, 11) is 0. The minimum Gasteiger partial charge on any atom is -0.336 e. The second-order valence-corrected chi connectivity index (χ2v) is 6.86. The molecule has 0 saturated heterocycles. The summed E-state index contributed by atoms with van der Waals surface area (Å²) in [6.45, 7) is 1.94. The Labute approximate surface area is 163 Å². The van der Waals surface area contributed by atoms with Gasteiger partial charge in [-0.25, -0.2) is 15.0 Å². The Balaban J connectivity index is 1.53. The van der Waals surface area contributed by atoms with Gasteiger partial charge in [0.05, 0.1) is 22.9 Å². The average Bonchev–Trinajstić information content (AvgIpc) is 3.51. The van der Waals surface area contributed by atoms with Crippen molar-refractivity contribution in [3.63, 3.8) is 0 Å². The van der Waals surface area contributed by atoms with E-state index < -0.39 is 0 Å². The van der Waals surface area contributed by atoms with Gasteiger partial charge in [0.15, 0.2) is 11.6 Å². The molecule has 6 aromatic rings. The van der Waals surface area contributed by atoms with Gasteiger partial charge in [-0.15, -0.1) is 0 Å². The summed E-state index contributed by atoms with van der Waals surface area (Å²) in [6.07, 6.45) is 9.10. The number of nitrogens with one attached hydrogen (secondary N) is 3. The van der Waals surface area contributed by atoms with Crippen molar-refractivity contribution in [1.29, 1.82) is 0 Å². The van der Waals surface area contributed by atoms with E-state index in [-0.39, 0.29) is 0 Å². The van der Waals surface area contributed by atoms with E-state index in [1.165, 1.54) is 0 Å². The highest BCUT2D eigenvalue weighted by Crippen LogP contribution is 2.30. The smallest absolute Gasteiger partial charge is 0.166 e. The standard InChI is InChI=1S/C20H15N9/c1-11-9-29(10-22-11)20-18-16(4-5-21-20)25-19(26-18)17-14-6-12(13-7-23-24-8-13)2-3-15(14)27-28-17/h2-10H,1H3,(H,23,24)(H,25,26)(H,27,28). The van der Waals surface area contributed by atoms with E-state index in [0.717, 1.165) is 50.3 Å². The molecule has 0 radical (unpaired) electrons. The van der Waals surface area contributed by atoms with Crippen LogP contribution in [0.1, 0.15) is 5.69 Å². The molecule has 0 fully saturated rings. The van der Waals surface area contributed by atoms with E-state index in [4.69, 9.17) is 4.98 Å². The summed E-state index contributed by atoms with van der Waals surface area (Å²) in [5.74, 6) is 1.41. The molecule has 0 aliphatic carbocycles. The number of hydrogen-bond acceptors (Lipinski definition) is 5. The van der Waals surface area contributed by atoms with Crippen LogP contribution in [0.2, 0.25) is 0 Å². The lowest BCUT2D eigenvalue weighted by atomic mass is 10.1. The largest absolute Gasteiger partial charge is 0.336 e. The van der Waals surface area contributed by atoms with Gasteiger partial charge in [-0.2, -0.15) is 10.2 Å². The third-order valence-corrected chi connectivity index (χ3v) is 4.96. The Kier molecular flexibility index (Phi) is 3.19. The van der Waals surface area contributed by atoms with Crippen molar-refractivity contribution in [2.24, 2.45) is 0 Å². The second-order valence-electron chi connectivity index (χ2n) is 6.86. The SMILES string of the molecule is Cc1cn(-c2nccc3[nH]c(-c4n[nH]c5ccc(-c6cn[nH]c6)cc45)nc23)cn1. The molecule has 9 heteroatoms. The zero-order chi connectivity index (χ0) is 19.4. The molecular weight excluding hydrogens is 366 g/mol.